The van der Waals surface area contributed by atoms with Crippen LogP contribution in [0, 0.1) is 5.92 Å². The fraction of sp³-hybridized carbons (Fsp3) is 0.571. The van der Waals surface area contributed by atoms with Crippen LogP contribution in [-0.4, -0.2) is 39.5 Å². The van der Waals surface area contributed by atoms with Crippen LogP contribution in [-0.2, 0) is 13.1 Å². The molecule has 0 radical (unpaired) electrons. The molecule has 2 aliphatic heterocycles. The highest BCUT2D eigenvalue weighted by atomic mass is 32.1. The highest BCUT2D eigenvalue weighted by Gasteiger charge is 2.41. The minimum absolute atomic E-state index is 0.198. The van der Waals surface area contributed by atoms with E-state index in [9.17, 15) is 9.59 Å². The standard InChI is InChI=1S/C21H26N4O2S/c26-20(22-16-4-2-1-3-5-16)18-12-25-10-15-9-24(8-14-6-7-28-13-14)11-17(15)19(25)23-21(18)27/h6-7,12-13,15-17H,1-5,8-11H2,(H,22,26)/t15-,17-/m1/s1. The van der Waals surface area contributed by atoms with Crippen molar-refractivity contribution in [1.29, 1.82) is 0 Å². The number of carbonyl (C=O) groups is 1. The molecule has 2 fully saturated rings. The van der Waals surface area contributed by atoms with Gasteiger partial charge in [0.25, 0.3) is 11.5 Å². The van der Waals surface area contributed by atoms with Crippen LogP contribution >= 0.6 is 11.3 Å². The van der Waals surface area contributed by atoms with E-state index in [1.165, 1.54) is 12.0 Å². The Kier molecular flexibility index (Phi) is 4.80. The van der Waals surface area contributed by atoms with Crippen LogP contribution in [0.5, 0.6) is 0 Å². The van der Waals surface area contributed by atoms with E-state index in [2.05, 4.69) is 36.6 Å². The van der Waals surface area contributed by atoms with E-state index < -0.39 is 0 Å². The van der Waals surface area contributed by atoms with Gasteiger partial charge in [0.1, 0.15) is 11.4 Å². The zero-order valence-electron chi connectivity index (χ0n) is 16.0. The number of carbonyl (C=O) groups excluding carboxylic acids is 1. The first-order valence-corrected chi connectivity index (χ1v) is 11.3. The Balaban J connectivity index is 1.30. The third-order valence-corrected chi connectivity index (χ3v) is 7.21. The molecule has 1 saturated carbocycles. The molecule has 28 heavy (non-hydrogen) atoms. The van der Waals surface area contributed by atoms with Crippen molar-refractivity contribution in [2.24, 2.45) is 5.92 Å². The van der Waals surface area contributed by atoms with Crippen LogP contribution in [0.4, 0.5) is 0 Å². The fourth-order valence-electron chi connectivity index (χ4n) is 5.07. The van der Waals surface area contributed by atoms with E-state index >= 15 is 0 Å². The second kappa shape index (κ2) is 7.44. The lowest BCUT2D eigenvalue weighted by Gasteiger charge is -2.22. The average molecular weight is 399 g/mol. The summed E-state index contributed by atoms with van der Waals surface area (Å²) >= 11 is 1.73. The molecule has 0 bridgehead atoms. The summed E-state index contributed by atoms with van der Waals surface area (Å²) in [5.74, 6) is 1.37. The second-order valence-corrected chi connectivity index (χ2v) is 9.25. The molecule has 1 amide bonds. The van der Waals surface area contributed by atoms with Crippen LogP contribution in [0.2, 0.25) is 0 Å². The maximum Gasteiger partial charge on any atom is 0.285 e. The first kappa shape index (κ1) is 18.1. The third kappa shape index (κ3) is 3.42. The van der Waals surface area contributed by atoms with Crippen molar-refractivity contribution in [3.05, 3.63) is 50.3 Å². The molecule has 5 rings (SSSR count). The lowest BCUT2D eigenvalue weighted by atomic mass is 9.95. The van der Waals surface area contributed by atoms with Gasteiger partial charge in [0.2, 0.25) is 0 Å². The van der Waals surface area contributed by atoms with Gasteiger partial charge in [-0.15, -0.1) is 0 Å². The summed E-state index contributed by atoms with van der Waals surface area (Å²) in [6.45, 7) is 3.75. The molecule has 2 aromatic heterocycles. The first-order chi connectivity index (χ1) is 13.7. The number of likely N-dealkylation sites (tertiary alicyclic amines) is 1. The quantitative estimate of drug-likeness (QED) is 0.860. The zero-order valence-corrected chi connectivity index (χ0v) is 16.8. The molecule has 148 valence electrons. The molecule has 0 aromatic carbocycles. The molecule has 0 unspecified atom stereocenters. The number of hydrogen-bond acceptors (Lipinski definition) is 5. The van der Waals surface area contributed by atoms with Gasteiger partial charge in [-0.2, -0.15) is 16.3 Å². The molecule has 1 saturated heterocycles. The molecule has 0 spiro atoms. The number of thiophene rings is 1. The van der Waals surface area contributed by atoms with Gasteiger partial charge < -0.3 is 9.88 Å². The topological polar surface area (TPSA) is 67.2 Å². The molecule has 3 aliphatic rings. The predicted molar refractivity (Wildman–Crippen MR) is 109 cm³/mol. The number of aromatic nitrogens is 2. The van der Waals surface area contributed by atoms with Gasteiger partial charge in [0.05, 0.1) is 0 Å². The van der Waals surface area contributed by atoms with E-state index in [4.69, 9.17) is 0 Å². The molecule has 1 aliphatic carbocycles. The minimum atomic E-state index is -0.378. The molecular weight excluding hydrogens is 372 g/mol. The van der Waals surface area contributed by atoms with E-state index in [-0.39, 0.29) is 23.1 Å². The third-order valence-electron chi connectivity index (χ3n) is 6.48. The Hall–Kier alpha value is -1.99. The molecule has 1 N–H and O–H groups in total. The Morgan fingerprint density at radius 3 is 2.86 bits per heavy atom. The van der Waals surface area contributed by atoms with E-state index in [1.807, 2.05) is 0 Å². The zero-order chi connectivity index (χ0) is 19.1. The van der Waals surface area contributed by atoms with Gasteiger partial charge in [-0.1, -0.05) is 19.3 Å². The van der Waals surface area contributed by atoms with Gasteiger partial charge >= 0.3 is 0 Å². The Morgan fingerprint density at radius 1 is 1.21 bits per heavy atom. The second-order valence-electron chi connectivity index (χ2n) is 8.47. The lowest BCUT2D eigenvalue weighted by molar-refractivity contribution is 0.0925. The maximum atomic E-state index is 12.6. The number of nitrogens with zero attached hydrogens (tertiary/aromatic N) is 3. The van der Waals surface area contributed by atoms with Crippen molar-refractivity contribution in [1.82, 2.24) is 19.8 Å². The highest BCUT2D eigenvalue weighted by Crippen LogP contribution is 2.38. The van der Waals surface area contributed by atoms with Gasteiger partial charge in [0.15, 0.2) is 0 Å². The Bertz CT molecular complexity index is 917. The molecule has 2 aromatic rings. The molecule has 6 nitrogen and oxygen atoms in total. The summed E-state index contributed by atoms with van der Waals surface area (Å²) in [6.07, 6.45) is 7.31. The molecule has 7 heteroatoms. The van der Waals surface area contributed by atoms with Crippen LogP contribution in [0.25, 0.3) is 0 Å². The molecule has 2 atom stereocenters. The monoisotopic (exact) mass is 398 g/mol. The van der Waals surface area contributed by atoms with Gasteiger partial charge in [-0.05, 0) is 35.2 Å². The number of amides is 1. The maximum absolute atomic E-state index is 12.6. The van der Waals surface area contributed by atoms with Crippen LogP contribution in [0.15, 0.2) is 27.8 Å². The minimum Gasteiger partial charge on any atom is -0.349 e. The summed E-state index contributed by atoms with van der Waals surface area (Å²) < 4.78 is 2.05. The van der Waals surface area contributed by atoms with Gasteiger partial charge in [-0.3, -0.25) is 14.5 Å². The smallest absolute Gasteiger partial charge is 0.285 e. The normalized spacial score (nSPS) is 24.9. The lowest BCUT2D eigenvalue weighted by Crippen LogP contribution is -2.39. The Morgan fingerprint density at radius 2 is 2.07 bits per heavy atom. The van der Waals surface area contributed by atoms with Crippen molar-refractivity contribution < 1.29 is 4.79 Å². The summed E-state index contributed by atoms with van der Waals surface area (Å²) in [7, 11) is 0. The average Bonchev–Trinajstić information content (AvgIpc) is 3.39. The summed E-state index contributed by atoms with van der Waals surface area (Å²) in [6, 6.07) is 2.37. The van der Waals surface area contributed by atoms with E-state index in [0.29, 0.717) is 11.8 Å². The summed E-state index contributed by atoms with van der Waals surface area (Å²) in [5.41, 5.74) is 1.17. The number of nitrogens with one attached hydrogen (secondary N) is 1. The predicted octanol–water partition coefficient (Wildman–Crippen LogP) is 2.60. The fourth-order valence-corrected chi connectivity index (χ4v) is 5.73. The van der Waals surface area contributed by atoms with Crippen molar-refractivity contribution in [2.45, 2.75) is 57.2 Å². The van der Waals surface area contributed by atoms with Gasteiger partial charge in [0, 0.05) is 50.3 Å². The van der Waals surface area contributed by atoms with E-state index in [0.717, 1.165) is 57.7 Å². The highest BCUT2D eigenvalue weighted by molar-refractivity contribution is 7.07. The van der Waals surface area contributed by atoms with Crippen molar-refractivity contribution in [3.63, 3.8) is 0 Å². The van der Waals surface area contributed by atoms with Crippen LogP contribution < -0.4 is 10.9 Å². The van der Waals surface area contributed by atoms with Crippen LogP contribution in [0.1, 0.15) is 59.8 Å². The molecular formula is C21H26N4O2S. The first-order valence-electron chi connectivity index (χ1n) is 10.3. The van der Waals surface area contributed by atoms with Crippen molar-refractivity contribution >= 4 is 17.2 Å². The van der Waals surface area contributed by atoms with Crippen molar-refractivity contribution in [2.75, 3.05) is 13.1 Å². The number of hydrogen-bond donors (Lipinski definition) is 1. The Labute approximate surface area is 168 Å². The number of rotatable bonds is 4. The van der Waals surface area contributed by atoms with Gasteiger partial charge in [-0.25, -0.2) is 0 Å². The number of fused-ring (bicyclic) bond motifs is 3. The SMILES string of the molecule is O=C(NC1CCCCC1)c1cn2c(nc1=O)[C@@H]1CN(Cc3ccsc3)C[C@@H]1C2. The van der Waals surface area contributed by atoms with Crippen molar-refractivity contribution in [3.8, 4) is 0 Å². The summed E-state index contributed by atoms with van der Waals surface area (Å²) in [5, 5.41) is 7.36. The van der Waals surface area contributed by atoms with E-state index in [1.54, 1.807) is 17.5 Å². The largest absolute Gasteiger partial charge is 0.349 e. The molecule has 4 heterocycles. The van der Waals surface area contributed by atoms with Crippen LogP contribution in [0.3, 0.4) is 0 Å². The summed E-state index contributed by atoms with van der Waals surface area (Å²) in [4.78, 5) is 32.0.